The van der Waals surface area contributed by atoms with Crippen LogP contribution in [0.2, 0.25) is 0 Å². The van der Waals surface area contributed by atoms with E-state index in [0.29, 0.717) is 25.9 Å². The van der Waals surface area contributed by atoms with Gasteiger partial charge in [0.15, 0.2) is 0 Å². The van der Waals surface area contributed by atoms with E-state index in [2.05, 4.69) is 0 Å². The summed E-state index contributed by atoms with van der Waals surface area (Å²) in [5.74, 6) is -1.13. The quantitative estimate of drug-likeness (QED) is 0.726. The lowest BCUT2D eigenvalue weighted by atomic mass is 9.63. The molecule has 1 saturated carbocycles. The number of nitrogens with zero attached hydrogens (tertiary/aromatic N) is 1. The maximum absolute atomic E-state index is 13.2. The number of Topliss-reactive ketones (excluding diaryl/α,β-unsaturated/α-hetero) is 2. The molecule has 2 fully saturated rings. The highest BCUT2D eigenvalue weighted by molar-refractivity contribution is 6.11. The number of aryl methyl sites for hydroxylation is 2. The van der Waals surface area contributed by atoms with E-state index in [1.807, 2.05) is 26.0 Å². The molecule has 4 rings (SSSR count). The molecule has 0 aromatic heterocycles. The molecule has 1 amide bonds. The van der Waals surface area contributed by atoms with E-state index in [0.717, 1.165) is 27.8 Å². The molecule has 2 aromatic rings. The molecule has 0 atom stereocenters. The number of amides is 1. The average molecular weight is 393 g/mol. The lowest BCUT2D eigenvalue weighted by Gasteiger charge is -2.52. The Morgan fingerprint density at radius 2 is 1.48 bits per heavy atom. The lowest BCUT2D eigenvalue weighted by molar-refractivity contribution is -0.153. The number of carbonyl (C=O) groups is 3. The molecule has 0 N–H and O–H groups in total. The second kappa shape index (κ2) is 6.90. The van der Waals surface area contributed by atoms with Crippen molar-refractivity contribution in [3.8, 4) is 11.1 Å². The van der Waals surface area contributed by atoms with Crippen LogP contribution in [-0.2, 0) is 14.4 Å². The molecule has 0 radical (unpaired) electrons. The molecular formula is C24H24FNO3. The zero-order valence-electron chi connectivity index (χ0n) is 16.9. The molecule has 0 bridgehead atoms. The third kappa shape index (κ3) is 3.39. The van der Waals surface area contributed by atoms with Crippen molar-refractivity contribution >= 4 is 17.5 Å². The van der Waals surface area contributed by atoms with Gasteiger partial charge in [-0.3, -0.25) is 14.4 Å². The van der Waals surface area contributed by atoms with Crippen LogP contribution in [0.1, 0.15) is 42.4 Å². The van der Waals surface area contributed by atoms with Gasteiger partial charge in [-0.1, -0.05) is 24.3 Å². The van der Waals surface area contributed by atoms with E-state index >= 15 is 0 Å². The van der Waals surface area contributed by atoms with Crippen LogP contribution in [0.3, 0.4) is 0 Å². The SMILES string of the molecule is CC(=O)N1CC2(CC(=O)C(c3c(C)cc(-c4ccc(F)cc4)cc3C)C(=O)C2)C1. The normalized spacial score (nSPS) is 18.8. The van der Waals surface area contributed by atoms with Crippen LogP contribution in [0.15, 0.2) is 36.4 Å². The van der Waals surface area contributed by atoms with E-state index < -0.39 is 5.92 Å². The first-order valence-electron chi connectivity index (χ1n) is 9.87. The third-order valence-corrected chi connectivity index (χ3v) is 6.30. The Labute approximate surface area is 169 Å². The Kier molecular flexibility index (Phi) is 4.64. The standard InChI is InChI=1S/C24H24FNO3/c1-14-8-18(17-4-6-19(25)7-5-17)9-15(2)22(14)23-20(28)10-24(11-21(23)29)12-26(13-24)16(3)27/h4-9,23H,10-13H2,1-3H3. The monoisotopic (exact) mass is 393 g/mol. The number of hydrogen-bond acceptors (Lipinski definition) is 3. The van der Waals surface area contributed by atoms with Gasteiger partial charge in [-0.15, -0.1) is 0 Å². The molecule has 1 heterocycles. The second-order valence-electron chi connectivity index (χ2n) is 8.62. The van der Waals surface area contributed by atoms with E-state index in [4.69, 9.17) is 0 Å². The first kappa shape index (κ1) is 19.5. The van der Waals surface area contributed by atoms with E-state index in [9.17, 15) is 18.8 Å². The molecule has 2 aromatic carbocycles. The van der Waals surface area contributed by atoms with Crippen molar-refractivity contribution in [2.45, 2.75) is 39.5 Å². The van der Waals surface area contributed by atoms with Crippen LogP contribution in [0.4, 0.5) is 4.39 Å². The number of hydrogen-bond donors (Lipinski definition) is 0. The number of ketones is 2. The zero-order valence-corrected chi connectivity index (χ0v) is 16.9. The van der Waals surface area contributed by atoms with Crippen molar-refractivity contribution in [2.24, 2.45) is 5.41 Å². The smallest absolute Gasteiger partial charge is 0.219 e. The molecule has 2 aliphatic rings. The van der Waals surface area contributed by atoms with E-state index in [-0.39, 0.29) is 28.7 Å². The van der Waals surface area contributed by atoms with Gasteiger partial charge < -0.3 is 4.90 Å². The maximum atomic E-state index is 13.2. The third-order valence-electron chi connectivity index (χ3n) is 6.30. The van der Waals surface area contributed by atoms with Gasteiger partial charge in [0.2, 0.25) is 5.91 Å². The lowest BCUT2D eigenvalue weighted by Crippen LogP contribution is -2.61. The Bertz CT molecular complexity index is 976. The molecule has 0 unspecified atom stereocenters. The summed E-state index contributed by atoms with van der Waals surface area (Å²) in [4.78, 5) is 39.2. The zero-order chi connectivity index (χ0) is 20.9. The van der Waals surface area contributed by atoms with Crippen molar-refractivity contribution < 1.29 is 18.8 Å². The van der Waals surface area contributed by atoms with Crippen LogP contribution in [0, 0.1) is 25.1 Å². The summed E-state index contributed by atoms with van der Waals surface area (Å²) in [7, 11) is 0. The summed E-state index contributed by atoms with van der Waals surface area (Å²) in [5, 5.41) is 0. The molecule has 1 spiro atoms. The largest absolute Gasteiger partial charge is 0.342 e. The molecule has 5 heteroatoms. The molecule has 4 nitrogen and oxygen atoms in total. The van der Waals surface area contributed by atoms with Gasteiger partial charge in [-0.25, -0.2) is 4.39 Å². The molecule has 1 saturated heterocycles. The highest BCUT2D eigenvalue weighted by atomic mass is 19.1. The summed E-state index contributed by atoms with van der Waals surface area (Å²) in [5.41, 5.74) is 4.04. The van der Waals surface area contributed by atoms with Gasteiger partial charge in [0.05, 0.1) is 0 Å². The highest BCUT2D eigenvalue weighted by Gasteiger charge is 2.53. The van der Waals surface area contributed by atoms with Gasteiger partial charge >= 0.3 is 0 Å². The fourth-order valence-corrected chi connectivity index (χ4v) is 4.96. The summed E-state index contributed by atoms with van der Waals surface area (Å²) in [6.45, 7) is 6.34. The predicted molar refractivity (Wildman–Crippen MR) is 108 cm³/mol. The number of carbonyl (C=O) groups excluding carboxylic acids is 3. The first-order valence-corrected chi connectivity index (χ1v) is 9.87. The van der Waals surface area contributed by atoms with Crippen LogP contribution in [-0.4, -0.2) is 35.5 Å². The van der Waals surface area contributed by atoms with Gasteiger partial charge in [0.25, 0.3) is 0 Å². The molecule has 150 valence electrons. The Morgan fingerprint density at radius 1 is 0.966 bits per heavy atom. The second-order valence-corrected chi connectivity index (χ2v) is 8.62. The van der Waals surface area contributed by atoms with Crippen molar-refractivity contribution in [3.63, 3.8) is 0 Å². The molecule has 1 aliphatic carbocycles. The minimum atomic E-state index is -0.728. The number of likely N-dealkylation sites (tertiary alicyclic amines) is 1. The number of benzene rings is 2. The highest BCUT2D eigenvalue weighted by Crippen LogP contribution is 2.46. The van der Waals surface area contributed by atoms with Crippen LogP contribution < -0.4 is 0 Å². The fraction of sp³-hybridized carbons (Fsp3) is 0.375. The van der Waals surface area contributed by atoms with Gasteiger partial charge in [0.1, 0.15) is 23.3 Å². The Morgan fingerprint density at radius 3 is 1.97 bits per heavy atom. The van der Waals surface area contributed by atoms with E-state index in [1.54, 1.807) is 17.0 Å². The summed E-state index contributed by atoms with van der Waals surface area (Å²) >= 11 is 0. The minimum Gasteiger partial charge on any atom is -0.342 e. The van der Waals surface area contributed by atoms with E-state index in [1.165, 1.54) is 19.1 Å². The van der Waals surface area contributed by atoms with Crippen molar-refractivity contribution in [1.29, 1.82) is 0 Å². The Balaban J connectivity index is 1.62. The molecule has 29 heavy (non-hydrogen) atoms. The average Bonchev–Trinajstić information content (AvgIpc) is 2.61. The fourth-order valence-electron chi connectivity index (χ4n) is 4.96. The Hall–Kier alpha value is -2.82. The summed E-state index contributed by atoms with van der Waals surface area (Å²) in [6, 6.07) is 10.2. The van der Waals surface area contributed by atoms with Crippen molar-refractivity contribution in [2.75, 3.05) is 13.1 Å². The summed E-state index contributed by atoms with van der Waals surface area (Å²) < 4.78 is 13.2. The van der Waals surface area contributed by atoms with Crippen molar-refractivity contribution in [1.82, 2.24) is 4.90 Å². The van der Waals surface area contributed by atoms with Crippen molar-refractivity contribution in [3.05, 3.63) is 58.9 Å². The summed E-state index contributed by atoms with van der Waals surface area (Å²) in [6.07, 6.45) is 0.678. The van der Waals surface area contributed by atoms with Crippen LogP contribution in [0.5, 0.6) is 0 Å². The van der Waals surface area contributed by atoms with Crippen LogP contribution >= 0.6 is 0 Å². The van der Waals surface area contributed by atoms with Gasteiger partial charge in [-0.2, -0.15) is 0 Å². The van der Waals surface area contributed by atoms with Gasteiger partial charge in [0, 0.05) is 38.3 Å². The molecule has 1 aliphatic heterocycles. The van der Waals surface area contributed by atoms with Crippen LogP contribution in [0.25, 0.3) is 11.1 Å². The van der Waals surface area contributed by atoms with Gasteiger partial charge in [-0.05, 0) is 53.8 Å². The maximum Gasteiger partial charge on any atom is 0.219 e. The predicted octanol–water partition coefficient (Wildman–Crippen LogP) is 3.97. The topological polar surface area (TPSA) is 54.5 Å². The number of halogens is 1. The first-order chi connectivity index (χ1) is 13.7. The minimum absolute atomic E-state index is 0.0132. The number of rotatable bonds is 2. The molecular weight excluding hydrogens is 369 g/mol.